The molecule has 0 amide bonds. The first-order chi connectivity index (χ1) is 7.99. The molecule has 8 heteroatoms. The molecule has 0 aliphatic heterocycles. The predicted molar refractivity (Wildman–Crippen MR) is 64.2 cm³/mol. The first kappa shape index (κ1) is 12.2. The lowest BCUT2D eigenvalue weighted by molar-refractivity contribution is 0.580. The molecule has 0 saturated carbocycles. The van der Waals surface area contributed by atoms with Gasteiger partial charge < -0.3 is 0 Å². The van der Waals surface area contributed by atoms with Gasteiger partial charge in [-0.2, -0.15) is 5.10 Å². The van der Waals surface area contributed by atoms with Crippen LogP contribution in [0.3, 0.4) is 0 Å². The summed E-state index contributed by atoms with van der Waals surface area (Å²) >= 11 is 1.49. The molecular formula is C9H12N4O2S2. The molecule has 17 heavy (non-hydrogen) atoms. The third-order valence-electron chi connectivity index (χ3n) is 2.18. The molecule has 0 saturated heterocycles. The molecular weight excluding hydrogens is 260 g/mol. The highest BCUT2D eigenvalue weighted by Gasteiger charge is 2.18. The van der Waals surface area contributed by atoms with Crippen LogP contribution in [-0.2, 0) is 16.6 Å². The summed E-state index contributed by atoms with van der Waals surface area (Å²) < 4.78 is 26.3. The maximum atomic E-state index is 11.9. The molecule has 0 atom stereocenters. The second-order valence-electron chi connectivity index (χ2n) is 3.54. The highest BCUT2D eigenvalue weighted by Crippen LogP contribution is 2.12. The van der Waals surface area contributed by atoms with Crippen LogP contribution in [0.1, 0.15) is 16.4 Å². The van der Waals surface area contributed by atoms with E-state index in [-0.39, 0.29) is 11.4 Å². The zero-order valence-electron chi connectivity index (χ0n) is 9.39. The Balaban J connectivity index is 2.11. The largest absolute Gasteiger partial charge is 0.281 e. The Morgan fingerprint density at radius 2 is 2.24 bits per heavy atom. The Labute approximate surface area is 103 Å². The van der Waals surface area contributed by atoms with Gasteiger partial charge in [0.2, 0.25) is 10.0 Å². The van der Waals surface area contributed by atoms with Crippen LogP contribution in [0.25, 0.3) is 0 Å². The molecule has 6 nitrogen and oxygen atoms in total. The van der Waals surface area contributed by atoms with E-state index in [2.05, 4.69) is 19.9 Å². The maximum absolute atomic E-state index is 11.9. The van der Waals surface area contributed by atoms with Crippen LogP contribution in [0.15, 0.2) is 16.5 Å². The molecule has 92 valence electrons. The number of aromatic amines is 1. The normalized spacial score (nSPS) is 11.9. The molecule has 0 spiro atoms. The molecule has 2 rings (SSSR count). The highest BCUT2D eigenvalue weighted by molar-refractivity contribution is 7.89. The minimum Gasteiger partial charge on any atom is -0.281 e. The molecule has 2 aromatic heterocycles. The number of hydrogen-bond acceptors (Lipinski definition) is 5. The minimum absolute atomic E-state index is 0.171. The van der Waals surface area contributed by atoms with Crippen molar-refractivity contribution < 1.29 is 8.42 Å². The third kappa shape index (κ3) is 2.71. The van der Waals surface area contributed by atoms with Crippen molar-refractivity contribution in [3.8, 4) is 0 Å². The van der Waals surface area contributed by atoms with Gasteiger partial charge in [0.05, 0.1) is 29.1 Å². The van der Waals surface area contributed by atoms with Gasteiger partial charge in [-0.15, -0.1) is 11.3 Å². The minimum atomic E-state index is -3.52. The van der Waals surface area contributed by atoms with E-state index < -0.39 is 10.0 Å². The van der Waals surface area contributed by atoms with Crippen molar-refractivity contribution in [3.05, 3.63) is 28.0 Å². The number of nitrogens with zero attached hydrogens (tertiary/aromatic N) is 2. The summed E-state index contributed by atoms with van der Waals surface area (Å²) in [6, 6.07) is 0. The van der Waals surface area contributed by atoms with Crippen LogP contribution in [0.4, 0.5) is 0 Å². The van der Waals surface area contributed by atoms with E-state index in [0.29, 0.717) is 5.69 Å². The summed E-state index contributed by atoms with van der Waals surface area (Å²) in [5, 5.41) is 9.03. The second-order valence-corrected chi connectivity index (χ2v) is 6.34. The van der Waals surface area contributed by atoms with Crippen molar-refractivity contribution >= 4 is 21.4 Å². The summed E-state index contributed by atoms with van der Waals surface area (Å²) in [4.78, 5) is 4.36. The summed E-state index contributed by atoms with van der Waals surface area (Å²) in [5.41, 5.74) is 1.24. The summed E-state index contributed by atoms with van der Waals surface area (Å²) in [6.45, 7) is 3.73. The molecule has 2 N–H and O–H groups in total. The van der Waals surface area contributed by atoms with Crippen LogP contribution in [-0.4, -0.2) is 23.6 Å². The fourth-order valence-corrected chi connectivity index (χ4v) is 3.09. The average Bonchev–Trinajstić information content (AvgIpc) is 2.85. The van der Waals surface area contributed by atoms with Crippen LogP contribution in [0.2, 0.25) is 0 Å². The molecule has 0 aromatic carbocycles. The number of H-pyrrole nitrogens is 1. The van der Waals surface area contributed by atoms with E-state index in [9.17, 15) is 8.42 Å². The van der Waals surface area contributed by atoms with Gasteiger partial charge in [-0.3, -0.25) is 5.10 Å². The summed E-state index contributed by atoms with van der Waals surface area (Å²) in [7, 11) is -3.52. The second kappa shape index (κ2) is 4.55. The maximum Gasteiger partial charge on any atom is 0.244 e. The Morgan fingerprint density at radius 3 is 2.76 bits per heavy atom. The van der Waals surface area contributed by atoms with E-state index in [4.69, 9.17) is 0 Å². The predicted octanol–water partition coefficient (Wildman–Crippen LogP) is 0.962. The van der Waals surface area contributed by atoms with Crippen molar-refractivity contribution in [2.75, 3.05) is 0 Å². The quantitative estimate of drug-likeness (QED) is 0.867. The fourth-order valence-electron chi connectivity index (χ4n) is 1.35. The van der Waals surface area contributed by atoms with E-state index in [1.165, 1.54) is 17.5 Å². The highest BCUT2D eigenvalue weighted by atomic mass is 32.2. The molecule has 2 aromatic rings. The number of rotatable bonds is 4. The lowest BCUT2D eigenvalue weighted by Crippen LogP contribution is -2.23. The Hall–Kier alpha value is -1.25. The monoisotopic (exact) mass is 272 g/mol. The Bertz CT molecular complexity index is 614. The fraction of sp³-hybridized carbons (Fsp3) is 0.333. The van der Waals surface area contributed by atoms with Gasteiger partial charge in [-0.25, -0.2) is 18.1 Å². The van der Waals surface area contributed by atoms with Crippen molar-refractivity contribution in [1.29, 1.82) is 0 Å². The van der Waals surface area contributed by atoms with Gasteiger partial charge in [0, 0.05) is 5.38 Å². The number of sulfonamides is 1. The van der Waals surface area contributed by atoms with Crippen LogP contribution >= 0.6 is 11.3 Å². The van der Waals surface area contributed by atoms with E-state index in [1.807, 2.05) is 12.3 Å². The van der Waals surface area contributed by atoms with Gasteiger partial charge in [0.15, 0.2) is 0 Å². The first-order valence-electron chi connectivity index (χ1n) is 4.89. The van der Waals surface area contributed by atoms with E-state index in [0.717, 1.165) is 10.7 Å². The van der Waals surface area contributed by atoms with Crippen molar-refractivity contribution in [2.24, 2.45) is 0 Å². The molecule has 0 aliphatic carbocycles. The van der Waals surface area contributed by atoms with Gasteiger partial charge in [-0.05, 0) is 13.8 Å². The van der Waals surface area contributed by atoms with Gasteiger partial charge in [0.25, 0.3) is 0 Å². The lowest BCUT2D eigenvalue weighted by Gasteiger charge is -2.03. The average molecular weight is 272 g/mol. The molecule has 0 radical (unpaired) electrons. The van der Waals surface area contributed by atoms with Crippen molar-refractivity contribution in [3.63, 3.8) is 0 Å². The number of hydrogen-bond donors (Lipinski definition) is 2. The van der Waals surface area contributed by atoms with Gasteiger partial charge >= 0.3 is 0 Å². The molecule has 0 unspecified atom stereocenters. The lowest BCUT2D eigenvalue weighted by atomic mass is 10.5. The Morgan fingerprint density at radius 1 is 1.47 bits per heavy atom. The van der Waals surface area contributed by atoms with Crippen molar-refractivity contribution in [2.45, 2.75) is 25.3 Å². The third-order valence-corrected chi connectivity index (χ3v) is 4.52. The summed E-state index contributed by atoms with van der Waals surface area (Å²) in [5.74, 6) is 0. The van der Waals surface area contributed by atoms with Crippen molar-refractivity contribution in [1.82, 2.24) is 19.9 Å². The SMILES string of the molecule is Cc1nc(CNS(=O)(=O)c2cn[nH]c2C)cs1. The number of aryl methyl sites for hydroxylation is 2. The smallest absolute Gasteiger partial charge is 0.244 e. The summed E-state index contributed by atoms with van der Waals surface area (Å²) in [6.07, 6.45) is 1.30. The van der Waals surface area contributed by atoms with E-state index in [1.54, 1.807) is 6.92 Å². The number of aromatic nitrogens is 3. The molecule has 2 heterocycles. The van der Waals surface area contributed by atoms with Crippen LogP contribution in [0.5, 0.6) is 0 Å². The van der Waals surface area contributed by atoms with E-state index >= 15 is 0 Å². The molecule has 0 bridgehead atoms. The first-order valence-corrected chi connectivity index (χ1v) is 7.26. The Kier molecular flexibility index (Phi) is 3.27. The van der Waals surface area contributed by atoms with Gasteiger partial charge in [0.1, 0.15) is 4.90 Å². The number of thiazole rings is 1. The van der Waals surface area contributed by atoms with Gasteiger partial charge in [-0.1, -0.05) is 0 Å². The molecule has 0 aliphatic rings. The van der Waals surface area contributed by atoms with Crippen LogP contribution in [0, 0.1) is 13.8 Å². The van der Waals surface area contributed by atoms with Crippen LogP contribution < -0.4 is 4.72 Å². The standard InChI is InChI=1S/C9H12N4O2S2/c1-6-9(4-10-13-6)17(14,15)11-3-8-5-16-7(2)12-8/h4-5,11H,3H2,1-2H3,(H,10,13). The molecule has 0 fully saturated rings. The zero-order chi connectivity index (χ0) is 12.5. The topological polar surface area (TPSA) is 87.7 Å². The number of nitrogens with one attached hydrogen (secondary N) is 2. The zero-order valence-corrected chi connectivity index (χ0v) is 11.0.